The molecular weight excluding hydrogens is 540 g/mol. The number of halogens is 2. The Labute approximate surface area is 242 Å². The Bertz CT molecular complexity index is 1700. The largest absolute Gasteiger partial charge is 0.495 e. The van der Waals surface area contributed by atoms with E-state index < -0.39 is 11.6 Å². The first kappa shape index (κ1) is 27.4. The summed E-state index contributed by atoms with van der Waals surface area (Å²) in [6, 6.07) is 12.6. The molecule has 3 heterocycles. The maximum atomic E-state index is 14.6. The number of fused-ring (bicyclic) bond motifs is 1. The Hall–Kier alpha value is -4.73. The first-order chi connectivity index (χ1) is 20.3. The predicted octanol–water partition coefficient (Wildman–Crippen LogP) is 5.95. The van der Waals surface area contributed by atoms with Crippen molar-refractivity contribution in [1.29, 1.82) is 0 Å². The fourth-order valence-electron chi connectivity index (χ4n) is 6.13. The van der Waals surface area contributed by atoms with Crippen LogP contribution < -0.4 is 19.7 Å². The van der Waals surface area contributed by atoms with Gasteiger partial charge in [0.05, 0.1) is 31.1 Å². The molecule has 4 aromatic rings. The second kappa shape index (κ2) is 10.9. The van der Waals surface area contributed by atoms with Gasteiger partial charge in [-0.3, -0.25) is 4.79 Å². The Morgan fingerprint density at radius 3 is 2.57 bits per heavy atom. The van der Waals surface area contributed by atoms with Gasteiger partial charge in [0.25, 0.3) is 0 Å². The number of carbonyl (C=O) groups excluding carboxylic acids is 1. The molecule has 3 aromatic carbocycles. The van der Waals surface area contributed by atoms with Gasteiger partial charge in [0.15, 0.2) is 0 Å². The van der Waals surface area contributed by atoms with Crippen LogP contribution in [0.2, 0.25) is 0 Å². The van der Waals surface area contributed by atoms with E-state index in [2.05, 4.69) is 26.8 Å². The van der Waals surface area contributed by atoms with Crippen LogP contribution in [-0.4, -0.2) is 61.2 Å². The van der Waals surface area contributed by atoms with Crippen molar-refractivity contribution in [1.82, 2.24) is 14.9 Å². The van der Waals surface area contributed by atoms with Gasteiger partial charge < -0.3 is 24.6 Å². The van der Waals surface area contributed by atoms with Crippen molar-refractivity contribution in [2.45, 2.75) is 12.8 Å². The third-order valence-electron chi connectivity index (χ3n) is 8.33. The molecule has 1 unspecified atom stereocenters. The molecule has 2 aliphatic rings. The third-order valence-corrected chi connectivity index (χ3v) is 8.33. The van der Waals surface area contributed by atoms with E-state index in [0.29, 0.717) is 40.6 Å². The molecular formula is C32H31F2N5O3. The number of aromatic nitrogens is 2. The number of rotatable bonds is 7. The van der Waals surface area contributed by atoms with Gasteiger partial charge in [-0.25, -0.2) is 18.7 Å². The maximum absolute atomic E-state index is 14.6. The van der Waals surface area contributed by atoms with E-state index in [1.807, 2.05) is 17.0 Å². The minimum Gasteiger partial charge on any atom is -0.495 e. The van der Waals surface area contributed by atoms with Crippen LogP contribution in [0.5, 0.6) is 11.5 Å². The first-order valence-corrected chi connectivity index (χ1v) is 13.7. The highest BCUT2D eigenvalue weighted by atomic mass is 19.1. The van der Waals surface area contributed by atoms with Gasteiger partial charge >= 0.3 is 0 Å². The molecule has 216 valence electrons. The number of benzene rings is 3. The Morgan fingerprint density at radius 2 is 1.81 bits per heavy atom. The molecule has 8 nitrogen and oxygen atoms in total. The number of anilines is 3. The number of likely N-dealkylation sites (tertiary alicyclic amines) is 1. The van der Waals surface area contributed by atoms with Gasteiger partial charge in [0.2, 0.25) is 5.91 Å². The second-order valence-electron chi connectivity index (χ2n) is 10.8. The first-order valence-electron chi connectivity index (χ1n) is 13.7. The standard InChI is InChI=1S/C32H31F2N5O3/c1-4-30(40)39-12-10-32(18-39)9-11-38(17-32)27-15-23-25(16-29(27)42-3)35-19-36-31(23)37-26-13-20(5-8-28(26)41-2)22-7-6-21(33)14-24(22)34/h4-8,13-16,19H,1,9-12,17-18H2,2-3H3,(H,35,36,37). The lowest BCUT2D eigenvalue weighted by Gasteiger charge is -2.26. The number of ether oxygens (including phenoxy) is 2. The minimum atomic E-state index is -0.655. The average molecular weight is 572 g/mol. The fraction of sp³-hybridized carbons (Fsp3) is 0.281. The molecule has 0 aliphatic carbocycles. The molecule has 0 bridgehead atoms. The lowest BCUT2D eigenvalue weighted by Crippen LogP contribution is -2.33. The molecule has 10 heteroatoms. The minimum absolute atomic E-state index is 0.0241. The van der Waals surface area contributed by atoms with Gasteiger partial charge in [-0.1, -0.05) is 12.6 Å². The summed E-state index contributed by atoms with van der Waals surface area (Å²) in [6.45, 7) is 6.71. The third kappa shape index (κ3) is 4.97. The number of nitrogens with zero attached hydrogens (tertiary/aromatic N) is 4. The zero-order chi connectivity index (χ0) is 29.4. The van der Waals surface area contributed by atoms with Crippen molar-refractivity contribution in [3.63, 3.8) is 0 Å². The zero-order valence-corrected chi connectivity index (χ0v) is 23.5. The van der Waals surface area contributed by atoms with E-state index in [1.54, 1.807) is 32.4 Å². The van der Waals surface area contributed by atoms with Crippen LogP contribution in [0.1, 0.15) is 12.8 Å². The molecule has 1 aromatic heterocycles. The lowest BCUT2D eigenvalue weighted by atomic mass is 9.86. The van der Waals surface area contributed by atoms with Crippen molar-refractivity contribution in [2.24, 2.45) is 5.41 Å². The van der Waals surface area contributed by atoms with Crippen molar-refractivity contribution in [2.75, 3.05) is 50.6 Å². The van der Waals surface area contributed by atoms with E-state index >= 15 is 0 Å². The number of methoxy groups -OCH3 is 2. The molecule has 2 saturated heterocycles. The quantitative estimate of drug-likeness (QED) is 0.275. The van der Waals surface area contributed by atoms with E-state index in [0.717, 1.165) is 49.6 Å². The van der Waals surface area contributed by atoms with E-state index in [9.17, 15) is 13.6 Å². The number of carbonyl (C=O) groups is 1. The Morgan fingerprint density at radius 1 is 1.00 bits per heavy atom. The van der Waals surface area contributed by atoms with E-state index in [-0.39, 0.29) is 16.9 Å². The summed E-state index contributed by atoms with van der Waals surface area (Å²) >= 11 is 0. The van der Waals surface area contributed by atoms with Crippen LogP contribution in [0.25, 0.3) is 22.0 Å². The molecule has 1 atom stereocenters. The molecule has 42 heavy (non-hydrogen) atoms. The number of amides is 1. The van der Waals surface area contributed by atoms with Crippen LogP contribution in [-0.2, 0) is 4.79 Å². The average Bonchev–Trinajstić information content (AvgIpc) is 3.62. The van der Waals surface area contributed by atoms with Crippen molar-refractivity contribution in [3.05, 3.63) is 79.1 Å². The zero-order valence-electron chi connectivity index (χ0n) is 23.5. The van der Waals surface area contributed by atoms with Gasteiger partial charge in [-0.15, -0.1) is 0 Å². The molecule has 0 saturated carbocycles. The highest BCUT2D eigenvalue weighted by Crippen LogP contribution is 2.45. The molecule has 1 spiro atoms. The molecule has 1 N–H and O–H groups in total. The SMILES string of the molecule is C=CC(=O)N1CCC2(CCN(c3cc4c(Nc5cc(-c6ccc(F)cc6F)ccc5OC)ncnc4cc3OC)C2)C1. The molecule has 2 aliphatic heterocycles. The number of hydrogen-bond acceptors (Lipinski definition) is 7. The Balaban J connectivity index is 1.35. The summed E-state index contributed by atoms with van der Waals surface area (Å²) < 4.78 is 39.5. The molecule has 1 amide bonds. The summed E-state index contributed by atoms with van der Waals surface area (Å²) in [6.07, 6.45) is 4.76. The highest BCUT2D eigenvalue weighted by Gasteiger charge is 2.45. The van der Waals surface area contributed by atoms with Gasteiger partial charge in [-0.2, -0.15) is 0 Å². The summed E-state index contributed by atoms with van der Waals surface area (Å²) in [5.41, 5.74) is 3.02. The van der Waals surface area contributed by atoms with Crippen molar-refractivity contribution >= 4 is 34.0 Å². The monoisotopic (exact) mass is 571 g/mol. The summed E-state index contributed by atoms with van der Waals surface area (Å²) in [5.74, 6) is 0.453. The molecule has 6 rings (SSSR count). The van der Waals surface area contributed by atoms with Crippen LogP contribution >= 0.6 is 0 Å². The number of nitrogens with one attached hydrogen (secondary N) is 1. The predicted molar refractivity (Wildman–Crippen MR) is 158 cm³/mol. The summed E-state index contributed by atoms with van der Waals surface area (Å²) in [4.78, 5) is 25.4. The molecule has 0 radical (unpaired) electrons. The molecule has 2 fully saturated rings. The van der Waals surface area contributed by atoms with Crippen LogP contribution in [0.3, 0.4) is 0 Å². The van der Waals surface area contributed by atoms with E-state index in [4.69, 9.17) is 9.47 Å². The van der Waals surface area contributed by atoms with Gasteiger partial charge in [-0.05, 0) is 54.8 Å². The van der Waals surface area contributed by atoms with Crippen molar-refractivity contribution < 1.29 is 23.0 Å². The van der Waals surface area contributed by atoms with E-state index in [1.165, 1.54) is 24.5 Å². The van der Waals surface area contributed by atoms with Gasteiger partial charge in [0.1, 0.15) is 35.3 Å². The summed E-state index contributed by atoms with van der Waals surface area (Å²) in [7, 11) is 3.19. The van der Waals surface area contributed by atoms with Crippen LogP contribution in [0.4, 0.5) is 26.0 Å². The second-order valence-corrected chi connectivity index (χ2v) is 10.8. The van der Waals surface area contributed by atoms with Crippen LogP contribution in [0.15, 0.2) is 67.5 Å². The fourth-order valence-corrected chi connectivity index (χ4v) is 6.13. The summed E-state index contributed by atoms with van der Waals surface area (Å²) in [5, 5.41) is 4.12. The highest BCUT2D eigenvalue weighted by molar-refractivity contribution is 5.96. The van der Waals surface area contributed by atoms with Crippen LogP contribution in [0, 0.1) is 17.0 Å². The topological polar surface area (TPSA) is 79.8 Å². The Kier molecular flexibility index (Phi) is 7.14. The lowest BCUT2D eigenvalue weighted by molar-refractivity contribution is -0.125. The normalized spacial score (nSPS) is 18.1. The van der Waals surface area contributed by atoms with Gasteiger partial charge in [0, 0.05) is 54.7 Å². The maximum Gasteiger partial charge on any atom is 0.245 e. The number of hydrogen-bond donors (Lipinski definition) is 1. The smallest absolute Gasteiger partial charge is 0.245 e. The van der Waals surface area contributed by atoms with Crippen molar-refractivity contribution in [3.8, 4) is 22.6 Å².